The van der Waals surface area contributed by atoms with Crippen molar-refractivity contribution in [3.05, 3.63) is 44.4 Å². The molecule has 2 bridgehead atoms. The zero-order valence-corrected chi connectivity index (χ0v) is 21.8. The third-order valence-electron chi connectivity index (χ3n) is 8.75. The topological polar surface area (TPSA) is 111 Å². The molecule has 190 valence electrons. The number of carboxylic acid groups (broad SMARTS) is 1. The monoisotopic (exact) mass is 527 g/mol. The number of aromatic nitrogens is 1. The number of benzene rings is 1. The fourth-order valence-corrected chi connectivity index (χ4v) is 10.2. The molecule has 2 aromatic rings. The Morgan fingerprint density at radius 1 is 1.08 bits per heavy atom. The molecule has 7 atom stereocenters. The number of hydrogen-bond acceptors (Lipinski definition) is 7. The van der Waals surface area contributed by atoms with Gasteiger partial charge in [0.05, 0.1) is 23.3 Å². The van der Waals surface area contributed by atoms with E-state index in [-0.39, 0.29) is 70.4 Å². The minimum Gasteiger partial charge on any atom is -0.481 e. The second-order valence-corrected chi connectivity index (χ2v) is 12.4. The summed E-state index contributed by atoms with van der Waals surface area (Å²) in [5, 5.41) is 10.1. The number of thiazole rings is 1. The molecular weight excluding hydrogens is 498 g/mol. The van der Waals surface area contributed by atoms with Gasteiger partial charge in [-0.15, -0.1) is 11.8 Å². The van der Waals surface area contributed by atoms with Gasteiger partial charge in [0.25, 0.3) is 0 Å². The van der Waals surface area contributed by atoms with Gasteiger partial charge in [0, 0.05) is 41.4 Å². The number of hydrogen-bond donors (Lipinski definition) is 2. The lowest BCUT2D eigenvalue weighted by Gasteiger charge is -2.43. The number of thioether (sulfide) groups is 1. The zero-order valence-electron chi connectivity index (χ0n) is 20.2. The molecule has 0 radical (unpaired) electrons. The molecule has 10 heteroatoms. The summed E-state index contributed by atoms with van der Waals surface area (Å²) >= 11 is 2.92. The zero-order chi connectivity index (χ0) is 25.3. The van der Waals surface area contributed by atoms with E-state index in [4.69, 9.17) is 5.11 Å². The van der Waals surface area contributed by atoms with Crippen LogP contribution >= 0.6 is 23.1 Å². The summed E-state index contributed by atoms with van der Waals surface area (Å²) in [5.74, 6) is -1.94. The third kappa shape index (κ3) is 3.40. The van der Waals surface area contributed by atoms with Gasteiger partial charge in [-0.1, -0.05) is 23.5 Å². The highest BCUT2D eigenvalue weighted by Gasteiger charge is 2.69. The van der Waals surface area contributed by atoms with Crippen molar-refractivity contribution < 1.29 is 19.5 Å². The molecule has 2 N–H and O–H groups in total. The van der Waals surface area contributed by atoms with E-state index in [2.05, 4.69) is 48.0 Å². The number of nitrogens with one attached hydrogen (secondary N) is 1. The Bertz CT molecular complexity index is 1280. The number of rotatable bonds is 7. The first-order valence-electron chi connectivity index (χ1n) is 12.7. The van der Waals surface area contributed by atoms with E-state index in [1.54, 1.807) is 11.8 Å². The van der Waals surface area contributed by atoms with Crippen LogP contribution in [0.15, 0.2) is 34.1 Å². The van der Waals surface area contributed by atoms with E-state index in [0.29, 0.717) is 0 Å². The molecular formula is C26H29N3O5S2. The summed E-state index contributed by atoms with van der Waals surface area (Å²) in [5.41, 5.74) is 2.30. The molecule has 1 aromatic carbocycles. The number of likely N-dealkylation sites (tertiary alicyclic amines) is 1. The Balaban J connectivity index is 1.38. The Kier molecular flexibility index (Phi) is 5.79. The number of carbonyl (C=O) groups is 3. The van der Waals surface area contributed by atoms with Crippen LogP contribution in [0.25, 0.3) is 0 Å². The van der Waals surface area contributed by atoms with Gasteiger partial charge in [-0.2, -0.15) is 0 Å². The lowest BCUT2D eigenvalue weighted by molar-refractivity contribution is -0.142. The Labute approximate surface area is 217 Å². The minimum atomic E-state index is -1.01. The fraction of sp³-hybridized carbons (Fsp3) is 0.538. The van der Waals surface area contributed by atoms with Gasteiger partial charge < -0.3 is 15.0 Å². The largest absolute Gasteiger partial charge is 0.481 e. The Morgan fingerprint density at radius 2 is 1.75 bits per heavy atom. The van der Waals surface area contributed by atoms with Crippen LogP contribution in [0.1, 0.15) is 43.0 Å². The normalized spacial score (nSPS) is 31.9. The van der Waals surface area contributed by atoms with Gasteiger partial charge in [0.1, 0.15) is 0 Å². The number of imide groups is 1. The van der Waals surface area contributed by atoms with Crippen LogP contribution < -0.4 is 9.77 Å². The summed E-state index contributed by atoms with van der Waals surface area (Å²) in [6, 6.07) is 8.59. The summed E-state index contributed by atoms with van der Waals surface area (Å²) in [4.78, 5) is 57.7. The van der Waals surface area contributed by atoms with Gasteiger partial charge >= 0.3 is 10.8 Å². The first kappa shape index (κ1) is 23.8. The molecule has 2 aliphatic carbocycles. The maximum atomic E-state index is 13.4. The van der Waals surface area contributed by atoms with Crippen LogP contribution in [0, 0.1) is 29.6 Å². The van der Waals surface area contributed by atoms with Gasteiger partial charge in [0.15, 0.2) is 0 Å². The van der Waals surface area contributed by atoms with Gasteiger partial charge in [-0.3, -0.25) is 24.1 Å². The standard InChI is InChI=1S/C26H29N3O5S2/c1-3-28(4-2)13-7-5-12(6-8-13)17-18-14-11-15(21(18)35-23-22(17)36-26(34)27-23)20-19(14)24(32)29(25(20)33)10-9-16(30)31/h5-8,14-15,17-21H,3-4,9-11H2,1-2H3,(H,27,34)(H,30,31)/t14-,15+,17+,18+,19+,20-,21-/m1/s1. The van der Waals surface area contributed by atoms with Gasteiger partial charge in [-0.25, -0.2) is 0 Å². The van der Waals surface area contributed by atoms with Crippen LogP contribution in [0.5, 0.6) is 0 Å². The number of aliphatic carboxylic acids is 1. The van der Waals surface area contributed by atoms with Crippen LogP contribution in [-0.2, 0) is 14.4 Å². The number of anilines is 1. The summed E-state index contributed by atoms with van der Waals surface area (Å²) < 4.78 is 0. The maximum Gasteiger partial charge on any atom is 0.305 e. The molecule has 0 spiro atoms. The molecule has 1 aromatic heterocycles. The van der Waals surface area contributed by atoms with Gasteiger partial charge in [0.2, 0.25) is 11.8 Å². The highest BCUT2D eigenvalue weighted by atomic mass is 32.2. The second kappa shape index (κ2) is 8.76. The second-order valence-electron chi connectivity index (χ2n) is 10.2. The molecule has 2 amide bonds. The maximum absolute atomic E-state index is 13.4. The van der Waals surface area contributed by atoms with E-state index in [9.17, 15) is 19.2 Å². The molecule has 2 aliphatic heterocycles. The predicted octanol–water partition coefficient (Wildman–Crippen LogP) is 3.23. The Morgan fingerprint density at radius 3 is 2.39 bits per heavy atom. The number of carboxylic acids is 1. The smallest absolute Gasteiger partial charge is 0.305 e. The van der Waals surface area contributed by atoms with Crippen molar-refractivity contribution in [3.63, 3.8) is 0 Å². The van der Waals surface area contributed by atoms with Gasteiger partial charge in [-0.05, 0) is 55.7 Å². The molecule has 6 rings (SSSR count). The van der Waals surface area contributed by atoms with E-state index in [1.165, 1.54) is 16.2 Å². The van der Waals surface area contributed by atoms with Crippen molar-refractivity contribution in [2.75, 3.05) is 24.5 Å². The number of fused-ring (bicyclic) bond motifs is 9. The first-order valence-corrected chi connectivity index (χ1v) is 14.3. The van der Waals surface area contributed by atoms with Crippen molar-refractivity contribution in [2.24, 2.45) is 29.6 Å². The molecule has 4 aliphatic rings. The van der Waals surface area contributed by atoms with Crippen molar-refractivity contribution in [1.82, 2.24) is 9.88 Å². The molecule has 36 heavy (non-hydrogen) atoms. The van der Waals surface area contributed by atoms with E-state index >= 15 is 0 Å². The quantitative estimate of drug-likeness (QED) is 0.532. The SMILES string of the molecule is CCN(CC)c1ccc([C@@H]2c3sc(=O)[nH]c3S[C@@H]3[C@H]4C[C@@H]([C@@H]5C(=O)N(CCC(=O)O)C(=O)[C@H]45)[C@@H]23)cc1. The van der Waals surface area contributed by atoms with E-state index in [1.807, 2.05) is 0 Å². The number of nitrogens with zero attached hydrogens (tertiary/aromatic N) is 2. The van der Waals surface area contributed by atoms with Crippen molar-refractivity contribution in [1.29, 1.82) is 0 Å². The highest BCUT2D eigenvalue weighted by molar-refractivity contribution is 8.00. The number of carbonyl (C=O) groups excluding carboxylic acids is 2. The van der Waals surface area contributed by atoms with Crippen LogP contribution in [0.4, 0.5) is 5.69 Å². The summed E-state index contributed by atoms with van der Waals surface area (Å²) in [6.45, 7) is 6.06. The molecule has 0 unspecified atom stereocenters. The Hall–Kier alpha value is -2.59. The van der Waals surface area contributed by atoms with Crippen molar-refractivity contribution in [2.45, 2.75) is 42.9 Å². The van der Waals surface area contributed by atoms with Crippen LogP contribution in [0.3, 0.4) is 0 Å². The predicted molar refractivity (Wildman–Crippen MR) is 137 cm³/mol. The molecule has 1 saturated heterocycles. The number of H-pyrrole nitrogens is 1. The van der Waals surface area contributed by atoms with Crippen molar-refractivity contribution >= 4 is 46.6 Å². The average molecular weight is 528 g/mol. The van der Waals surface area contributed by atoms with Crippen LogP contribution in [-0.4, -0.2) is 57.7 Å². The summed E-state index contributed by atoms with van der Waals surface area (Å²) in [7, 11) is 0. The lowest BCUT2D eigenvalue weighted by atomic mass is 9.68. The molecule has 2 saturated carbocycles. The first-order chi connectivity index (χ1) is 17.3. The highest BCUT2D eigenvalue weighted by Crippen LogP contribution is 2.68. The fourth-order valence-electron chi connectivity index (χ4n) is 7.36. The number of aromatic amines is 1. The molecule has 3 fully saturated rings. The number of amides is 2. The van der Waals surface area contributed by atoms with Crippen LogP contribution in [0.2, 0.25) is 0 Å². The van der Waals surface area contributed by atoms with Crippen molar-refractivity contribution in [3.8, 4) is 0 Å². The minimum absolute atomic E-state index is 0.00660. The van der Waals surface area contributed by atoms with E-state index in [0.717, 1.165) is 40.7 Å². The summed E-state index contributed by atoms with van der Waals surface area (Å²) in [6.07, 6.45) is 0.600. The van der Waals surface area contributed by atoms with E-state index < -0.39 is 5.97 Å². The third-order valence-corrected chi connectivity index (χ3v) is 11.3. The lowest BCUT2D eigenvalue weighted by Crippen LogP contribution is -2.42. The molecule has 8 nitrogen and oxygen atoms in total. The average Bonchev–Trinajstić information content (AvgIpc) is 3.58. The molecule has 3 heterocycles.